The van der Waals surface area contributed by atoms with Gasteiger partial charge < -0.3 is 15.2 Å². The summed E-state index contributed by atoms with van der Waals surface area (Å²) < 4.78 is 39.3. The molecule has 8 nitrogen and oxygen atoms in total. The Morgan fingerprint density at radius 3 is 2.64 bits per heavy atom. The minimum Gasteiger partial charge on any atom is -0.484 e. The standard InChI is InChI=1S/C12H15N5O.C2HF3O2/c1-17-12-2-3-13-6-10(12)11(16-17)7-18-9-4-14-8-15-5-9;3-2(4,5)1(6)7/h4-5,8,13H,2-3,6-7H2,1H3;(H,6,7). The lowest BCUT2D eigenvalue weighted by Crippen LogP contribution is -2.24. The summed E-state index contributed by atoms with van der Waals surface area (Å²) in [5.41, 5.74) is 3.56. The number of nitrogens with zero attached hydrogens (tertiary/aromatic N) is 4. The van der Waals surface area contributed by atoms with Crippen molar-refractivity contribution < 1.29 is 27.8 Å². The number of rotatable bonds is 3. The monoisotopic (exact) mass is 359 g/mol. The molecule has 2 aromatic heterocycles. The third-order valence-corrected chi connectivity index (χ3v) is 3.35. The van der Waals surface area contributed by atoms with E-state index in [9.17, 15) is 13.2 Å². The molecule has 0 saturated carbocycles. The van der Waals surface area contributed by atoms with E-state index in [4.69, 9.17) is 14.6 Å². The zero-order valence-corrected chi connectivity index (χ0v) is 13.2. The fourth-order valence-corrected chi connectivity index (χ4v) is 2.23. The number of hydrogen-bond donors (Lipinski definition) is 2. The molecular formula is C14H16F3N5O3. The topological polar surface area (TPSA) is 102 Å². The van der Waals surface area contributed by atoms with Crippen LogP contribution in [0, 0.1) is 0 Å². The molecule has 0 saturated heterocycles. The largest absolute Gasteiger partial charge is 0.490 e. The van der Waals surface area contributed by atoms with Crippen LogP contribution in [0.4, 0.5) is 13.2 Å². The molecule has 136 valence electrons. The van der Waals surface area contributed by atoms with Gasteiger partial charge in [-0.15, -0.1) is 0 Å². The van der Waals surface area contributed by atoms with Crippen LogP contribution in [0.15, 0.2) is 18.7 Å². The number of aromatic nitrogens is 4. The Kier molecular flexibility index (Phi) is 5.91. The summed E-state index contributed by atoms with van der Waals surface area (Å²) in [5, 5.41) is 15.0. The van der Waals surface area contributed by atoms with E-state index in [0.29, 0.717) is 12.4 Å². The molecule has 1 aliphatic rings. The first kappa shape index (κ1) is 18.6. The normalized spacial score (nSPS) is 13.4. The van der Waals surface area contributed by atoms with Crippen molar-refractivity contribution in [2.24, 2.45) is 7.05 Å². The van der Waals surface area contributed by atoms with Crippen molar-refractivity contribution in [1.82, 2.24) is 25.1 Å². The number of carboxylic acids is 1. The van der Waals surface area contributed by atoms with Crippen LogP contribution in [0.5, 0.6) is 5.75 Å². The van der Waals surface area contributed by atoms with E-state index in [1.54, 1.807) is 12.4 Å². The maximum absolute atomic E-state index is 10.6. The lowest BCUT2D eigenvalue weighted by atomic mass is 10.1. The Balaban J connectivity index is 0.000000277. The Labute approximate surface area is 140 Å². The Hall–Kier alpha value is -2.69. The number of fused-ring (bicyclic) bond motifs is 1. The van der Waals surface area contributed by atoms with Gasteiger partial charge in [0.25, 0.3) is 0 Å². The summed E-state index contributed by atoms with van der Waals surface area (Å²) in [7, 11) is 1.99. The number of ether oxygens (including phenoxy) is 1. The molecule has 3 heterocycles. The van der Waals surface area contributed by atoms with Crippen molar-refractivity contribution in [3.63, 3.8) is 0 Å². The third-order valence-electron chi connectivity index (χ3n) is 3.35. The molecule has 0 radical (unpaired) electrons. The maximum atomic E-state index is 10.6. The van der Waals surface area contributed by atoms with Crippen molar-refractivity contribution in [3.8, 4) is 5.75 Å². The van der Waals surface area contributed by atoms with E-state index in [1.807, 2.05) is 11.7 Å². The van der Waals surface area contributed by atoms with Crippen LogP contribution < -0.4 is 10.1 Å². The van der Waals surface area contributed by atoms with Crippen LogP contribution in [-0.4, -0.2) is 43.5 Å². The van der Waals surface area contributed by atoms with Crippen molar-refractivity contribution in [1.29, 1.82) is 0 Å². The van der Waals surface area contributed by atoms with Crippen molar-refractivity contribution in [3.05, 3.63) is 35.7 Å². The van der Waals surface area contributed by atoms with Gasteiger partial charge in [-0.25, -0.2) is 14.8 Å². The molecule has 0 unspecified atom stereocenters. The van der Waals surface area contributed by atoms with Crippen LogP contribution in [0.1, 0.15) is 17.0 Å². The summed E-state index contributed by atoms with van der Waals surface area (Å²) in [4.78, 5) is 16.7. The van der Waals surface area contributed by atoms with Gasteiger partial charge in [-0.1, -0.05) is 0 Å². The fraction of sp³-hybridized carbons (Fsp3) is 0.429. The number of hydrogen-bond acceptors (Lipinski definition) is 6. The smallest absolute Gasteiger partial charge is 0.484 e. The number of alkyl halides is 3. The second kappa shape index (κ2) is 7.92. The molecular weight excluding hydrogens is 343 g/mol. The summed E-state index contributed by atoms with van der Waals surface area (Å²) in [6, 6.07) is 0. The lowest BCUT2D eigenvalue weighted by Gasteiger charge is -2.14. The molecule has 0 spiro atoms. The molecule has 0 aliphatic carbocycles. The zero-order valence-electron chi connectivity index (χ0n) is 13.2. The highest BCUT2D eigenvalue weighted by molar-refractivity contribution is 5.73. The number of nitrogens with one attached hydrogen (secondary N) is 1. The average Bonchev–Trinajstić information content (AvgIpc) is 2.90. The summed E-state index contributed by atoms with van der Waals surface area (Å²) in [5.74, 6) is -2.09. The Bertz CT molecular complexity index is 718. The van der Waals surface area contributed by atoms with E-state index in [0.717, 1.165) is 25.2 Å². The molecule has 2 N–H and O–H groups in total. The van der Waals surface area contributed by atoms with E-state index in [1.165, 1.54) is 17.6 Å². The van der Waals surface area contributed by atoms with Crippen LogP contribution in [0.3, 0.4) is 0 Å². The number of halogens is 3. The van der Waals surface area contributed by atoms with E-state index in [2.05, 4.69) is 20.4 Å². The highest BCUT2D eigenvalue weighted by Gasteiger charge is 2.38. The van der Waals surface area contributed by atoms with Gasteiger partial charge in [-0.3, -0.25) is 4.68 Å². The van der Waals surface area contributed by atoms with E-state index >= 15 is 0 Å². The lowest BCUT2D eigenvalue weighted by molar-refractivity contribution is -0.192. The zero-order chi connectivity index (χ0) is 18.4. The molecule has 2 aromatic rings. The second-order valence-corrected chi connectivity index (χ2v) is 5.09. The molecule has 3 rings (SSSR count). The minimum atomic E-state index is -5.08. The molecule has 11 heteroatoms. The van der Waals surface area contributed by atoms with Gasteiger partial charge in [0, 0.05) is 37.8 Å². The molecule has 0 bridgehead atoms. The van der Waals surface area contributed by atoms with Gasteiger partial charge in [0.1, 0.15) is 18.6 Å². The van der Waals surface area contributed by atoms with Gasteiger partial charge in [-0.05, 0) is 0 Å². The average molecular weight is 359 g/mol. The maximum Gasteiger partial charge on any atom is 0.490 e. The van der Waals surface area contributed by atoms with Crippen molar-refractivity contribution in [2.45, 2.75) is 25.7 Å². The van der Waals surface area contributed by atoms with Gasteiger partial charge in [0.2, 0.25) is 0 Å². The van der Waals surface area contributed by atoms with Gasteiger partial charge in [0.05, 0.1) is 12.4 Å². The third kappa shape index (κ3) is 5.14. The number of aliphatic carboxylic acids is 1. The second-order valence-electron chi connectivity index (χ2n) is 5.09. The Morgan fingerprint density at radius 2 is 2.04 bits per heavy atom. The van der Waals surface area contributed by atoms with Gasteiger partial charge >= 0.3 is 12.1 Å². The molecule has 1 aliphatic heterocycles. The van der Waals surface area contributed by atoms with Crippen molar-refractivity contribution >= 4 is 5.97 Å². The first-order valence-corrected chi connectivity index (χ1v) is 7.21. The molecule has 0 fully saturated rings. The summed E-state index contributed by atoms with van der Waals surface area (Å²) in [6.45, 7) is 2.34. The van der Waals surface area contributed by atoms with Crippen LogP contribution >= 0.6 is 0 Å². The Morgan fingerprint density at radius 1 is 1.40 bits per heavy atom. The first-order chi connectivity index (χ1) is 11.8. The SMILES string of the molecule is Cn1nc(COc2cncnc2)c2c1CCNC2.O=C(O)C(F)(F)F. The fourth-order valence-electron chi connectivity index (χ4n) is 2.23. The number of carboxylic acid groups (broad SMARTS) is 1. The quantitative estimate of drug-likeness (QED) is 0.845. The van der Waals surface area contributed by atoms with E-state index < -0.39 is 12.1 Å². The minimum absolute atomic E-state index is 0.457. The summed E-state index contributed by atoms with van der Waals surface area (Å²) in [6.07, 6.45) is 0.730. The molecule has 0 aromatic carbocycles. The van der Waals surface area contributed by atoms with Crippen LogP contribution in [0.2, 0.25) is 0 Å². The predicted molar refractivity (Wildman–Crippen MR) is 78.7 cm³/mol. The predicted octanol–water partition coefficient (Wildman–Crippen LogP) is 1.07. The number of carbonyl (C=O) groups is 1. The molecule has 0 amide bonds. The highest BCUT2D eigenvalue weighted by atomic mass is 19.4. The van der Waals surface area contributed by atoms with Gasteiger partial charge in [-0.2, -0.15) is 18.3 Å². The van der Waals surface area contributed by atoms with Gasteiger partial charge in [0.15, 0.2) is 5.75 Å². The van der Waals surface area contributed by atoms with Crippen molar-refractivity contribution in [2.75, 3.05) is 6.54 Å². The molecule has 0 atom stereocenters. The molecule has 25 heavy (non-hydrogen) atoms. The first-order valence-electron chi connectivity index (χ1n) is 7.21. The number of aryl methyl sites for hydroxylation is 1. The van der Waals surface area contributed by atoms with Crippen LogP contribution in [-0.2, 0) is 31.4 Å². The van der Waals surface area contributed by atoms with Crippen LogP contribution in [0.25, 0.3) is 0 Å². The summed E-state index contributed by atoms with van der Waals surface area (Å²) >= 11 is 0. The highest BCUT2D eigenvalue weighted by Crippen LogP contribution is 2.19. The van der Waals surface area contributed by atoms with E-state index in [-0.39, 0.29) is 0 Å².